The van der Waals surface area contributed by atoms with E-state index in [1.54, 1.807) is 23.9 Å². The van der Waals surface area contributed by atoms with Crippen LogP contribution in [0.2, 0.25) is 0 Å². The summed E-state index contributed by atoms with van der Waals surface area (Å²) in [6.45, 7) is 7.12. The first-order valence-electron chi connectivity index (χ1n) is 8.08. The van der Waals surface area contributed by atoms with Crippen molar-refractivity contribution in [3.63, 3.8) is 0 Å². The van der Waals surface area contributed by atoms with Crippen LogP contribution in [0.25, 0.3) is 0 Å². The second-order valence-corrected chi connectivity index (χ2v) is 6.42. The fraction of sp³-hybridized carbons (Fsp3) is 0.600. The van der Waals surface area contributed by atoms with Gasteiger partial charge in [0.05, 0.1) is 12.2 Å². The van der Waals surface area contributed by atoms with Crippen LogP contribution in [0.3, 0.4) is 0 Å². The summed E-state index contributed by atoms with van der Waals surface area (Å²) < 4.78 is 1.74. The van der Waals surface area contributed by atoms with Crippen LogP contribution in [0.1, 0.15) is 26.8 Å². The van der Waals surface area contributed by atoms with Gasteiger partial charge in [0.15, 0.2) is 0 Å². The molecule has 2 aliphatic rings. The zero-order valence-electron chi connectivity index (χ0n) is 14.0. The summed E-state index contributed by atoms with van der Waals surface area (Å²) >= 11 is 0. The maximum absolute atomic E-state index is 12.5. The Bertz CT molecular complexity index is 670. The van der Waals surface area contributed by atoms with Gasteiger partial charge < -0.3 is 10.2 Å². The SMILES string of the molecule is CC(C)n1nccc1NC(=O)[C@@H](C)N1CCN2C(=O)NC(=O)[C@H]2C1. The van der Waals surface area contributed by atoms with Crippen LogP contribution in [-0.2, 0) is 9.59 Å². The fourth-order valence-electron chi connectivity index (χ4n) is 3.11. The summed E-state index contributed by atoms with van der Waals surface area (Å²) in [7, 11) is 0. The molecule has 130 valence electrons. The van der Waals surface area contributed by atoms with E-state index in [1.807, 2.05) is 18.7 Å². The van der Waals surface area contributed by atoms with E-state index < -0.39 is 12.1 Å². The van der Waals surface area contributed by atoms with Gasteiger partial charge >= 0.3 is 6.03 Å². The standard InChI is InChI=1S/C15H22N6O3/c1-9(2)21-12(4-5-16-21)17-13(22)10(3)19-6-7-20-11(8-19)14(23)18-15(20)24/h4-5,9-11H,6-8H2,1-3H3,(H,17,22)(H,18,23,24)/t10-,11-/m1/s1. The topological polar surface area (TPSA) is 99.6 Å². The molecule has 2 aliphatic heterocycles. The molecule has 0 aromatic carbocycles. The number of carbonyl (C=O) groups excluding carboxylic acids is 3. The van der Waals surface area contributed by atoms with Gasteiger partial charge in [-0.05, 0) is 20.8 Å². The summed E-state index contributed by atoms with van der Waals surface area (Å²) in [4.78, 5) is 39.4. The normalized spacial score (nSPS) is 22.5. The van der Waals surface area contributed by atoms with Gasteiger partial charge in [-0.2, -0.15) is 5.10 Å². The lowest BCUT2D eigenvalue weighted by molar-refractivity contribution is -0.126. The molecule has 0 spiro atoms. The molecular weight excluding hydrogens is 312 g/mol. The lowest BCUT2D eigenvalue weighted by Gasteiger charge is -2.38. The Morgan fingerprint density at radius 3 is 2.79 bits per heavy atom. The van der Waals surface area contributed by atoms with Crippen LogP contribution in [-0.4, -0.2) is 69.1 Å². The average Bonchev–Trinajstić information content (AvgIpc) is 3.11. The molecule has 1 aromatic rings. The second-order valence-electron chi connectivity index (χ2n) is 6.42. The highest BCUT2D eigenvalue weighted by Gasteiger charge is 2.43. The number of aromatic nitrogens is 2. The quantitative estimate of drug-likeness (QED) is 0.757. The number of imide groups is 1. The number of amides is 4. The Morgan fingerprint density at radius 1 is 1.33 bits per heavy atom. The number of hydrogen-bond acceptors (Lipinski definition) is 5. The van der Waals surface area contributed by atoms with Crippen molar-refractivity contribution in [1.29, 1.82) is 0 Å². The maximum atomic E-state index is 12.5. The van der Waals surface area contributed by atoms with Crippen molar-refractivity contribution in [2.75, 3.05) is 25.0 Å². The third-order valence-electron chi connectivity index (χ3n) is 4.54. The van der Waals surface area contributed by atoms with Crippen molar-refractivity contribution in [3.05, 3.63) is 12.3 Å². The molecule has 3 rings (SSSR count). The molecule has 0 radical (unpaired) electrons. The van der Waals surface area contributed by atoms with Crippen LogP contribution in [0.15, 0.2) is 12.3 Å². The van der Waals surface area contributed by atoms with Crippen molar-refractivity contribution < 1.29 is 14.4 Å². The highest BCUT2D eigenvalue weighted by molar-refractivity contribution is 6.04. The van der Waals surface area contributed by atoms with E-state index in [4.69, 9.17) is 0 Å². The van der Waals surface area contributed by atoms with Crippen molar-refractivity contribution in [1.82, 2.24) is 24.9 Å². The number of anilines is 1. The highest BCUT2D eigenvalue weighted by Crippen LogP contribution is 2.19. The number of piperazine rings is 1. The van der Waals surface area contributed by atoms with Crippen LogP contribution < -0.4 is 10.6 Å². The molecule has 0 saturated carbocycles. The van der Waals surface area contributed by atoms with Gasteiger partial charge in [-0.1, -0.05) is 0 Å². The first-order chi connectivity index (χ1) is 11.4. The van der Waals surface area contributed by atoms with E-state index in [0.717, 1.165) is 0 Å². The average molecular weight is 334 g/mol. The molecule has 9 heteroatoms. The number of nitrogens with one attached hydrogen (secondary N) is 2. The zero-order chi connectivity index (χ0) is 17.4. The monoisotopic (exact) mass is 334 g/mol. The Hall–Kier alpha value is -2.42. The number of rotatable bonds is 4. The van der Waals surface area contributed by atoms with E-state index >= 15 is 0 Å². The van der Waals surface area contributed by atoms with Gasteiger partial charge in [0.1, 0.15) is 11.9 Å². The molecule has 2 saturated heterocycles. The number of fused-ring (bicyclic) bond motifs is 1. The Morgan fingerprint density at radius 2 is 2.08 bits per heavy atom. The maximum Gasteiger partial charge on any atom is 0.324 e. The van der Waals surface area contributed by atoms with E-state index in [9.17, 15) is 14.4 Å². The van der Waals surface area contributed by atoms with Crippen LogP contribution in [0.4, 0.5) is 10.6 Å². The summed E-state index contributed by atoms with van der Waals surface area (Å²) in [6, 6.07) is 0.629. The van der Waals surface area contributed by atoms with E-state index in [1.165, 1.54) is 4.90 Å². The summed E-state index contributed by atoms with van der Waals surface area (Å²) in [5.41, 5.74) is 0. The number of urea groups is 1. The van der Waals surface area contributed by atoms with Gasteiger partial charge in [-0.15, -0.1) is 0 Å². The van der Waals surface area contributed by atoms with Crippen LogP contribution in [0.5, 0.6) is 0 Å². The molecule has 1 aromatic heterocycles. The zero-order valence-corrected chi connectivity index (χ0v) is 14.0. The number of nitrogens with zero attached hydrogens (tertiary/aromatic N) is 4. The minimum atomic E-state index is -0.511. The van der Waals surface area contributed by atoms with Crippen LogP contribution >= 0.6 is 0 Å². The van der Waals surface area contributed by atoms with Gasteiger partial charge in [0.2, 0.25) is 5.91 Å². The second kappa shape index (κ2) is 6.23. The largest absolute Gasteiger partial charge is 0.324 e. The molecule has 2 N–H and O–H groups in total. The number of carbonyl (C=O) groups is 3. The van der Waals surface area contributed by atoms with Crippen molar-refractivity contribution >= 4 is 23.7 Å². The molecule has 2 atom stereocenters. The van der Waals surface area contributed by atoms with E-state index in [-0.39, 0.29) is 23.9 Å². The summed E-state index contributed by atoms with van der Waals surface area (Å²) in [5.74, 6) is 0.194. The van der Waals surface area contributed by atoms with Crippen molar-refractivity contribution in [2.45, 2.75) is 38.9 Å². The lowest BCUT2D eigenvalue weighted by Crippen LogP contribution is -2.57. The molecule has 9 nitrogen and oxygen atoms in total. The third-order valence-corrected chi connectivity index (χ3v) is 4.54. The third kappa shape index (κ3) is 2.86. The molecule has 4 amide bonds. The number of hydrogen-bond donors (Lipinski definition) is 2. The van der Waals surface area contributed by atoms with Crippen molar-refractivity contribution in [2.24, 2.45) is 0 Å². The highest BCUT2D eigenvalue weighted by atomic mass is 16.2. The summed E-state index contributed by atoms with van der Waals surface area (Å²) in [6.07, 6.45) is 1.65. The van der Waals surface area contributed by atoms with Crippen molar-refractivity contribution in [3.8, 4) is 0 Å². The molecular formula is C15H22N6O3. The first-order valence-corrected chi connectivity index (χ1v) is 8.08. The smallest absolute Gasteiger partial charge is 0.310 e. The minimum absolute atomic E-state index is 0.141. The molecule has 0 unspecified atom stereocenters. The Balaban J connectivity index is 1.65. The fourth-order valence-corrected chi connectivity index (χ4v) is 3.11. The molecule has 0 bridgehead atoms. The van der Waals surface area contributed by atoms with E-state index in [0.29, 0.717) is 25.5 Å². The summed E-state index contributed by atoms with van der Waals surface area (Å²) in [5, 5.41) is 9.39. The molecule has 3 heterocycles. The molecule has 2 fully saturated rings. The Labute approximate surface area is 140 Å². The predicted molar refractivity (Wildman–Crippen MR) is 86.3 cm³/mol. The lowest BCUT2D eigenvalue weighted by atomic mass is 10.1. The van der Waals surface area contributed by atoms with Crippen LogP contribution in [0, 0.1) is 0 Å². The minimum Gasteiger partial charge on any atom is -0.310 e. The van der Waals surface area contributed by atoms with Gasteiger partial charge in [0.25, 0.3) is 5.91 Å². The van der Waals surface area contributed by atoms with Gasteiger partial charge in [-0.3, -0.25) is 19.8 Å². The van der Waals surface area contributed by atoms with Gasteiger partial charge in [-0.25, -0.2) is 9.48 Å². The Kier molecular flexibility index (Phi) is 4.27. The van der Waals surface area contributed by atoms with E-state index in [2.05, 4.69) is 15.7 Å². The first kappa shape index (κ1) is 16.4. The van der Waals surface area contributed by atoms with Gasteiger partial charge in [0, 0.05) is 31.7 Å². The predicted octanol–water partition coefficient (Wildman–Crippen LogP) is 0.0270. The molecule has 0 aliphatic carbocycles. The molecule has 24 heavy (non-hydrogen) atoms.